The van der Waals surface area contributed by atoms with E-state index in [1.54, 1.807) is 0 Å². The predicted molar refractivity (Wildman–Crippen MR) is 72.6 cm³/mol. The Balaban J connectivity index is 2.16. The van der Waals surface area contributed by atoms with Crippen LogP contribution in [0.1, 0.15) is 16.7 Å². The van der Waals surface area contributed by atoms with Gasteiger partial charge in [-0.15, -0.1) is 5.10 Å². The van der Waals surface area contributed by atoms with Gasteiger partial charge in [0.2, 0.25) is 0 Å². The molecule has 90 valence electrons. The minimum Gasteiger partial charge on any atom is -0.221 e. The first-order valence-corrected chi connectivity index (χ1v) is 6.04. The molecule has 0 saturated heterocycles. The molecular formula is C15H15N3. The summed E-state index contributed by atoms with van der Waals surface area (Å²) in [4.78, 5) is 4.57. The summed E-state index contributed by atoms with van der Waals surface area (Å²) in [6, 6.07) is 10.4. The van der Waals surface area contributed by atoms with Crippen LogP contribution in [0.4, 0.5) is 0 Å². The molecule has 0 aliphatic carbocycles. The number of hydrogen-bond donors (Lipinski definition) is 0. The lowest BCUT2D eigenvalue weighted by Crippen LogP contribution is -1.87. The zero-order chi connectivity index (χ0) is 12.7. The van der Waals surface area contributed by atoms with E-state index in [-0.39, 0.29) is 0 Å². The Hall–Kier alpha value is -2.16. The second-order valence-electron chi connectivity index (χ2n) is 4.74. The van der Waals surface area contributed by atoms with Gasteiger partial charge in [0.15, 0.2) is 11.5 Å². The van der Waals surface area contributed by atoms with Crippen LogP contribution in [0.15, 0.2) is 36.5 Å². The van der Waals surface area contributed by atoms with Crippen molar-refractivity contribution in [2.45, 2.75) is 20.8 Å². The van der Waals surface area contributed by atoms with Gasteiger partial charge in [0, 0.05) is 11.8 Å². The van der Waals surface area contributed by atoms with E-state index in [1.807, 2.05) is 22.8 Å². The fraction of sp³-hybridized carbons (Fsp3) is 0.200. The van der Waals surface area contributed by atoms with Crippen LogP contribution in [0, 0.1) is 20.8 Å². The SMILES string of the molecule is Cc1ccn2nc(-c3ccc(C)c(C)c3)nc2c1. The molecule has 18 heavy (non-hydrogen) atoms. The van der Waals surface area contributed by atoms with Crippen molar-refractivity contribution in [2.75, 3.05) is 0 Å². The Bertz CT molecular complexity index is 726. The first-order valence-electron chi connectivity index (χ1n) is 6.04. The van der Waals surface area contributed by atoms with Gasteiger partial charge in [-0.3, -0.25) is 0 Å². The molecule has 2 aromatic heterocycles. The Morgan fingerprint density at radius 2 is 1.78 bits per heavy atom. The molecule has 0 atom stereocenters. The zero-order valence-corrected chi connectivity index (χ0v) is 10.8. The molecule has 0 bridgehead atoms. The Morgan fingerprint density at radius 3 is 2.56 bits per heavy atom. The smallest absolute Gasteiger partial charge is 0.182 e. The first-order chi connectivity index (χ1) is 8.63. The molecule has 2 heterocycles. The molecule has 0 aliphatic heterocycles. The number of nitrogens with zero attached hydrogens (tertiary/aromatic N) is 3. The van der Waals surface area contributed by atoms with Crippen LogP contribution in [0.2, 0.25) is 0 Å². The second kappa shape index (κ2) is 3.95. The third-order valence-corrected chi connectivity index (χ3v) is 3.26. The fourth-order valence-corrected chi connectivity index (χ4v) is 1.99. The normalized spacial score (nSPS) is 11.1. The van der Waals surface area contributed by atoms with Gasteiger partial charge < -0.3 is 0 Å². The summed E-state index contributed by atoms with van der Waals surface area (Å²) in [5, 5.41) is 4.50. The molecule has 0 aliphatic rings. The van der Waals surface area contributed by atoms with Crippen LogP contribution in [0.25, 0.3) is 17.0 Å². The van der Waals surface area contributed by atoms with E-state index < -0.39 is 0 Å². The van der Waals surface area contributed by atoms with Gasteiger partial charge in [0.25, 0.3) is 0 Å². The molecule has 3 aromatic rings. The van der Waals surface area contributed by atoms with Crippen molar-refractivity contribution in [1.29, 1.82) is 0 Å². The summed E-state index contributed by atoms with van der Waals surface area (Å²) in [6.07, 6.45) is 1.95. The Labute approximate surface area is 106 Å². The van der Waals surface area contributed by atoms with Crippen LogP contribution in [-0.2, 0) is 0 Å². The molecule has 1 aromatic carbocycles. The van der Waals surface area contributed by atoms with Crippen molar-refractivity contribution in [3.63, 3.8) is 0 Å². The summed E-state index contributed by atoms with van der Waals surface area (Å²) < 4.78 is 1.82. The summed E-state index contributed by atoms with van der Waals surface area (Å²) in [7, 11) is 0. The lowest BCUT2D eigenvalue weighted by molar-refractivity contribution is 0.962. The standard InChI is InChI=1S/C15H15N3/c1-10-6-7-18-14(8-10)16-15(17-18)13-5-4-11(2)12(3)9-13/h4-9H,1-3H3. The number of benzene rings is 1. The van der Waals surface area contributed by atoms with Crippen LogP contribution >= 0.6 is 0 Å². The average molecular weight is 237 g/mol. The first kappa shape index (κ1) is 11.0. The van der Waals surface area contributed by atoms with Crippen LogP contribution in [-0.4, -0.2) is 14.6 Å². The maximum Gasteiger partial charge on any atom is 0.182 e. The highest BCUT2D eigenvalue weighted by molar-refractivity contribution is 5.60. The molecule has 0 fully saturated rings. The quantitative estimate of drug-likeness (QED) is 0.650. The molecule has 3 heteroatoms. The van der Waals surface area contributed by atoms with Crippen molar-refractivity contribution in [1.82, 2.24) is 14.6 Å². The number of pyridine rings is 1. The lowest BCUT2D eigenvalue weighted by Gasteiger charge is -2.00. The van der Waals surface area contributed by atoms with E-state index in [4.69, 9.17) is 0 Å². The highest BCUT2D eigenvalue weighted by Crippen LogP contribution is 2.19. The fourth-order valence-electron chi connectivity index (χ4n) is 1.99. The third-order valence-electron chi connectivity index (χ3n) is 3.26. The van der Waals surface area contributed by atoms with E-state index in [0.29, 0.717) is 0 Å². The molecule has 3 rings (SSSR count). The minimum atomic E-state index is 0.781. The van der Waals surface area contributed by atoms with Crippen molar-refractivity contribution in [2.24, 2.45) is 0 Å². The minimum absolute atomic E-state index is 0.781. The largest absolute Gasteiger partial charge is 0.221 e. The lowest BCUT2D eigenvalue weighted by atomic mass is 10.1. The van der Waals surface area contributed by atoms with Gasteiger partial charge >= 0.3 is 0 Å². The van der Waals surface area contributed by atoms with Crippen LogP contribution < -0.4 is 0 Å². The average Bonchev–Trinajstić information content (AvgIpc) is 2.75. The van der Waals surface area contributed by atoms with Crippen LogP contribution in [0.3, 0.4) is 0 Å². The molecule has 0 amide bonds. The highest BCUT2D eigenvalue weighted by atomic mass is 15.3. The Kier molecular flexibility index (Phi) is 2.40. The predicted octanol–water partition coefficient (Wildman–Crippen LogP) is 3.32. The van der Waals surface area contributed by atoms with Gasteiger partial charge in [-0.05, 0) is 55.7 Å². The Morgan fingerprint density at radius 1 is 0.944 bits per heavy atom. The maximum absolute atomic E-state index is 4.57. The van der Waals surface area contributed by atoms with Gasteiger partial charge in [0.05, 0.1) is 0 Å². The van der Waals surface area contributed by atoms with E-state index in [9.17, 15) is 0 Å². The van der Waals surface area contributed by atoms with Crippen molar-refractivity contribution >= 4 is 5.65 Å². The molecular weight excluding hydrogens is 222 g/mol. The monoisotopic (exact) mass is 237 g/mol. The van der Waals surface area contributed by atoms with E-state index in [2.05, 4.69) is 49.1 Å². The van der Waals surface area contributed by atoms with Crippen molar-refractivity contribution in [3.8, 4) is 11.4 Å². The van der Waals surface area contributed by atoms with Gasteiger partial charge in [-0.1, -0.05) is 12.1 Å². The molecule has 0 saturated carbocycles. The zero-order valence-electron chi connectivity index (χ0n) is 10.8. The van der Waals surface area contributed by atoms with Crippen molar-refractivity contribution in [3.05, 3.63) is 53.2 Å². The number of fused-ring (bicyclic) bond motifs is 1. The van der Waals surface area contributed by atoms with Crippen LogP contribution in [0.5, 0.6) is 0 Å². The molecule has 0 radical (unpaired) electrons. The molecule has 3 nitrogen and oxygen atoms in total. The second-order valence-corrected chi connectivity index (χ2v) is 4.74. The summed E-state index contributed by atoms with van der Waals surface area (Å²) in [5.41, 5.74) is 5.71. The van der Waals surface area contributed by atoms with Gasteiger partial charge in [0.1, 0.15) is 0 Å². The molecule has 0 N–H and O–H groups in total. The van der Waals surface area contributed by atoms with E-state index in [1.165, 1.54) is 16.7 Å². The molecule has 0 unspecified atom stereocenters. The topological polar surface area (TPSA) is 30.2 Å². The summed E-state index contributed by atoms with van der Waals surface area (Å²) in [5.74, 6) is 0.781. The highest BCUT2D eigenvalue weighted by Gasteiger charge is 2.07. The maximum atomic E-state index is 4.57. The van der Waals surface area contributed by atoms with Crippen molar-refractivity contribution < 1.29 is 0 Å². The molecule has 0 spiro atoms. The third kappa shape index (κ3) is 1.78. The number of aryl methyl sites for hydroxylation is 3. The van der Waals surface area contributed by atoms with Gasteiger partial charge in [-0.2, -0.15) is 0 Å². The van der Waals surface area contributed by atoms with E-state index in [0.717, 1.165) is 17.0 Å². The number of rotatable bonds is 1. The number of hydrogen-bond acceptors (Lipinski definition) is 2. The summed E-state index contributed by atoms with van der Waals surface area (Å²) >= 11 is 0. The summed E-state index contributed by atoms with van der Waals surface area (Å²) in [6.45, 7) is 6.28. The van der Waals surface area contributed by atoms with Gasteiger partial charge in [-0.25, -0.2) is 9.50 Å². The van der Waals surface area contributed by atoms with E-state index >= 15 is 0 Å². The number of aromatic nitrogens is 3.